The molecule has 6 heteroatoms. The van der Waals surface area contributed by atoms with Gasteiger partial charge in [0, 0.05) is 31.6 Å². The van der Waals surface area contributed by atoms with Gasteiger partial charge in [-0.15, -0.1) is 0 Å². The van der Waals surface area contributed by atoms with Crippen molar-refractivity contribution in [2.24, 2.45) is 5.92 Å². The number of aromatic nitrogens is 2. The smallest absolute Gasteiger partial charge is 0.337 e. The summed E-state index contributed by atoms with van der Waals surface area (Å²) in [4.78, 5) is 19.0. The average Bonchev–Trinajstić information content (AvgIpc) is 3.02. The average molecular weight is 356 g/mol. The molecule has 0 radical (unpaired) electrons. The molecule has 3 fully saturated rings. The molecule has 3 aliphatic heterocycles. The Labute approximate surface area is 154 Å². The maximum atomic E-state index is 11.7. The monoisotopic (exact) mass is 356 g/mol. The van der Waals surface area contributed by atoms with Gasteiger partial charge in [-0.2, -0.15) is 0 Å². The number of carboxylic acids is 1. The molecule has 1 unspecified atom stereocenters. The Hall–Kier alpha value is -1.92. The van der Waals surface area contributed by atoms with Gasteiger partial charge in [0.25, 0.3) is 0 Å². The predicted octanol–water partition coefficient (Wildman–Crippen LogP) is 2.54. The number of fused-ring (bicyclic) bond motifs is 4. The lowest BCUT2D eigenvalue weighted by Crippen LogP contribution is -2.56. The van der Waals surface area contributed by atoms with Gasteiger partial charge in [0.1, 0.15) is 5.82 Å². The second-order valence-corrected chi connectivity index (χ2v) is 7.95. The normalized spacial score (nSPS) is 25.3. The third-order valence-corrected chi connectivity index (χ3v) is 5.94. The van der Waals surface area contributed by atoms with Crippen LogP contribution in [0.1, 0.15) is 48.8 Å². The molecule has 1 aromatic heterocycles. The van der Waals surface area contributed by atoms with Gasteiger partial charge in [0.2, 0.25) is 0 Å². The fourth-order valence-corrected chi connectivity index (χ4v) is 4.60. The maximum Gasteiger partial charge on any atom is 0.337 e. The van der Waals surface area contributed by atoms with Crippen molar-refractivity contribution in [3.8, 4) is 0 Å². The zero-order valence-electron chi connectivity index (χ0n) is 15.6. The number of carbonyl (C=O) groups is 1. The van der Waals surface area contributed by atoms with Crippen molar-refractivity contribution in [1.29, 1.82) is 0 Å². The van der Waals surface area contributed by atoms with E-state index in [4.69, 9.17) is 4.98 Å². The first kappa shape index (κ1) is 17.5. The number of rotatable bonds is 6. The van der Waals surface area contributed by atoms with E-state index in [2.05, 4.69) is 28.6 Å². The lowest BCUT2D eigenvalue weighted by molar-refractivity contribution is 0.0698. The third kappa shape index (κ3) is 3.12. The molecule has 6 nitrogen and oxygen atoms in total. The molecular weight excluding hydrogens is 328 g/mol. The summed E-state index contributed by atoms with van der Waals surface area (Å²) in [7, 11) is 0. The summed E-state index contributed by atoms with van der Waals surface area (Å²) in [5.41, 5.74) is 1.86. The number of carboxylic acid groups (broad SMARTS) is 1. The number of benzene rings is 1. The van der Waals surface area contributed by atoms with Crippen molar-refractivity contribution in [3.05, 3.63) is 29.6 Å². The fourth-order valence-electron chi connectivity index (χ4n) is 4.60. The number of hydrogen-bond donors (Lipinski definition) is 2. The standard InChI is InChI=1S/C20H28N4O2/c1-13(2)19-22-16-5-3-4-15(20(25)26)18(16)24(19)11-8-21-17-12-23-9-6-14(17)7-10-23/h3-5,13-14,17,21H,6-12H2,1-2H3,(H,25,26). The fraction of sp³-hybridized carbons (Fsp3) is 0.600. The van der Waals surface area contributed by atoms with E-state index in [9.17, 15) is 9.90 Å². The van der Waals surface area contributed by atoms with Crippen LogP contribution in [0.15, 0.2) is 18.2 Å². The van der Waals surface area contributed by atoms with E-state index < -0.39 is 5.97 Å². The van der Waals surface area contributed by atoms with E-state index in [1.54, 1.807) is 12.1 Å². The first-order chi connectivity index (χ1) is 12.5. The minimum absolute atomic E-state index is 0.251. The molecule has 5 rings (SSSR count). The zero-order valence-corrected chi connectivity index (χ0v) is 15.6. The molecule has 26 heavy (non-hydrogen) atoms. The summed E-state index contributed by atoms with van der Waals surface area (Å²) in [6, 6.07) is 5.92. The van der Waals surface area contributed by atoms with Crippen molar-refractivity contribution in [1.82, 2.24) is 19.8 Å². The first-order valence-electron chi connectivity index (χ1n) is 9.72. The van der Waals surface area contributed by atoms with Crippen LogP contribution in [-0.2, 0) is 6.54 Å². The Morgan fingerprint density at radius 2 is 2.12 bits per heavy atom. The molecule has 2 N–H and O–H groups in total. The molecule has 3 saturated heterocycles. The van der Waals surface area contributed by atoms with E-state index in [0.717, 1.165) is 42.4 Å². The molecular formula is C20H28N4O2. The van der Waals surface area contributed by atoms with Crippen LogP contribution in [-0.4, -0.2) is 57.7 Å². The molecule has 2 bridgehead atoms. The summed E-state index contributed by atoms with van der Waals surface area (Å²) in [5, 5.41) is 13.3. The number of nitrogens with zero attached hydrogens (tertiary/aromatic N) is 3. The van der Waals surface area contributed by atoms with Crippen LogP contribution in [0, 0.1) is 5.92 Å². The topological polar surface area (TPSA) is 70.4 Å². The van der Waals surface area contributed by atoms with Crippen molar-refractivity contribution < 1.29 is 9.90 Å². The predicted molar refractivity (Wildman–Crippen MR) is 102 cm³/mol. The highest BCUT2D eigenvalue weighted by Gasteiger charge is 2.33. The van der Waals surface area contributed by atoms with Crippen LogP contribution in [0.3, 0.4) is 0 Å². The third-order valence-electron chi connectivity index (χ3n) is 5.94. The summed E-state index contributed by atoms with van der Waals surface area (Å²) in [6.45, 7) is 9.44. The number of nitrogens with one attached hydrogen (secondary N) is 1. The molecule has 3 aliphatic rings. The molecule has 0 aliphatic carbocycles. The number of piperidine rings is 3. The van der Waals surface area contributed by atoms with Crippen molar-refractivity contribution in [2.75, 3.05) is 26.2 Å². The number of hydrogen-bond acceptors (Lipinski definition) is 4. The van der Waals surface area contributed by atoms with Crippen LogP contribution >= 0.6 is 0 Å². The quantitative estimate of drug-likeness (QED) is 0.832. The van der Waals surface area contributed by atoms with E-state index >= 15 is 0 Å². The van der Waals surface area contributed by atoms with Gasteiger partial charge >= 0.3 is 5.97 Å². The highest BCUT2D eigenvalue weighted by molar-refractivity contribution is 6.01. The Morgan fingerprint density at radius 3 is 2.73 bits per heavy atom. The van der Waals surface area contributed by atoms with E-state index in [1.165, 1.54) is 25.9 Å². The number of imidazole rings is 1. The highest BCUT2D eigenvalue weighted by Crippen LogP contribution is 2.28. The molecule has 4 heterocycles. The summed E-state index contributed by atoms with van der Waals surface area (Å²) >= 11 is 0. The number of para-hydroxylation sites is 1. The van der Waals surface area contributed by atoms with Gasteiger partial charge in [0.05, 0.1) is 16.6 Å². The Balaban J connectivity index is 1.56. The second-order valence-electron chi connectivity index (χ2n) is 7.95. The van der Waals surface area contributed by atoms with Crippen LogP contribution < -0.4 is 5.32 Å². The second kappa shape index (κ2) is 7.00. The van der Waals surface area contributed by atoms with Crippen LogP contribution in [0.2, 0.25) is 0 Å². The zero-order chi connectivity index (χ0) is 18.3. The maximum absolute atomic E-state index is 11.7. The van der Waals surface area contributed by atoms with Gasteiger partial charge in [-0.05, 0) is 44.0 Å². The molecule has 1 aromatic carbocycles. The van der Waals surface area contributed by atoms with E-state index in [1.807, 2.05) is 6.07 Å². The minimum Gasteiger partial charge on any atom is -0.478 e. The lowest BCUT2D eigenvalue weighted by atomic mass is 9.84. The van der Waals surface area contributed by atoms with Crippen LogP contribution in [0.5, 0.6) is 0 Å². The molecule has 1 atom stereocenters. The van der Waals surface area contributed by atoms with Crippen molar-refractivity contribution in [2.45, 2.75) is 45.2 Å². The molecule has 0 saturated carbocycles. The Kier molecular flexibility index (Phi) is 4.71. The first-order valence-corrected chi connectivity index (χ1v) is 9.72. The summed E-state index contributed by atoms with van der Waals surface area (Å²) < 4.78 is 2.11. The van der Waals surface area contributed by atoms with E-state index in [0.29, 0.717) is 11.6 Å². The molecule has 140 valence electrons. The largest absolute Gasteiger partial charge is 0.478 e. The molecule has 2 aromatic rings. The van der Waals surface area contributed by atoms with Gasteiger partial charge in [-0.1, -0.05) is 19.9 Å². The highest BCUT2D eigenvalue weighted by atomic mass is 16.4. The minimum atomic E-state index is -0.891. The van der Waals surface area contributed by atoms with E-state index in [-0.39, 0.29) is 5.92 Å². The Morgan fingerprint density at radius 1 is 1.35 bits per heavy atom. The van der Waals surface area contributed by atoms with Gasteiger partial charge in [0.15, 0.2) is 0 Å². The SMILES string of the molecule is CC(C)c1nc2cccc(C(=O)O)c2n1CCNC1CN2CCC1CC2. The summed E-state index contributed by atoms with van der Waals surface area (Å²) in [6.07, 6.45) is 2.60. The number of aromatic carboxylic acids is 1. The summed E-state index contributed by atoms with van der Waals surface area (Å²) in [5.74, 6) is 1.11. The molecule has 0 spiro atoms. The van der Waals surface area contributed by atoms with Crippen molar-refractivity contribution in [3.63, 3.8) is 0 Å². The van der Waals surface area contributed by atoms with Crippen molar-refractivity contribution >= 4 is 17.0 Å². The van der Waals surface area contributed by atoms with Crippen LogP contribution in [0.25, 0.3) is 11.0 Å². The Bertz CT molecular complexity index is 805. The molecule has 0 amide bonds. The van der Waals surface area contributed by atoms with Crippen LogP contribution in [0.4, 0.5) is 0 Å². The van der Waals surface area contributed by atoms with Gasteiger partial charge < -0.3 is 19.9 Å². The van der Waals surface area contributed by atoms with Gasteiger partial charge in [-0.25, -0.2) is 9.78 Å². The van der Waals surface area contributed by atoms with Gasteiger partial charge in [-0.3, -0.25) is 0 Å². The lowest BCUT2D eigenvalue weighted by Gasteiger charge is -2.45.